The van der Waals surface area contributed by atoms with Crippen molar-refractivity contribution in [3.63, 3.8) is 0 Å². The summed E-state index contributed by atoms with van der Waals surface area (Å²) in [5, 5.41) is 10.9. The lowest BCUT2D eigenvalue weighted by molar-refractivity contribution is 0.0834. The van der Waals surface area contributed by atoms with Gasteiger partial charge in [0, 0.05) is 26.2 Å². The number of hydrogen-bond acceptors (Lipinski definition) is 5. The van der Waals surface area contributed by atoms with Gasteiger partial charge in [0.1, 0.15) is 5.82 Å². The van der Waals surface area contributed by atoms with E-state index in [4.69, 9.17) is 4.74 Å². The molecule has 0 radical (unpaired) electrons. The molecule has 1 aromatic rings. The molecule has 5 heteroatoms. The average Bonchev–Trinajstić information content (AvgIpc) is 2.30. The van der Waals surface area contributed by atoms with E-state index in [1.807, 2.05) is 7.05 Å². The quantitative estimate of drug-likeness (QED) is 0.754. The van der Waals surface area contributed by atoms with Crippen molar-refractivity contribution in [2.45, 2.75) is 18.8 Å². The summed E-state index contributed by atoms with van der Waals surface area (Å²) < 4.78 is 5.29. The van der Waals surface area contributed by atoms with Gasteiger partial charge in [-0.2, -0.15) is 5.10 Å². The maximum atomic E-state index is 5.29. The van der Waals surface area contributed by atoms with Gasteiger partial charge in [0.15, 0.2) is 5.82 Å². The first-order valence-corrected chi connectivity index (χ1v) is 4.85. The summed E-state index contributed by atoms with van der Waals surface area (Å²) in [7, 11) is 1.83. The summed E-state index contributed by atoms with van der Waals surface area (Å²) in [5.74, 6) is 2.02. The largest absolute Gasteiger partial charge is 0.381 e. The van der Waals surface area contributed by atoms with E-state index in [0.717, 1.165) is 37.7 Å². The monoisotopic (exact) mass is 194 g/mol. The normalized spacial score (nSPS) is 18.1. The molecule has 1 aliphatic rings. The standard InChI is InChI=1S/C9H14N4O/c1-10-8-6-11-13-9(12-8)7-2-4-14-5-3-7/h6-7H,2-5H2,1H3,(H,10,12,13). The first kappa shape index (κ1) is 9.33. The van der Waals surface area contributed by atoms with E-state index >= 15 is 0 Å². The molecule has 1 aromatic heterocycles. The van der Waals surface area contributed by atoms with Gasteiger partial charge in [-0.3, -0.25) is 0 Å². The summed E-state index contributed by atoms with van der Waals surface area (Å²) in [6.45, 7) is 1.61. The van der Waals surface area contributed by atoms with Crippen LogP contribution in [0.3, 0.4) is 0 Å². The van der Waals surface area contributed by atoms with Crippen LogP contribution in [-0.4, -0.2) is 35.4 Å². The second kappa shape index (κ2) is 4.32. The molecular weight excluding hydrogens is 180 g/mol. The molecule has 1 aliphatic heterocycles. The number of nitrogens with zero attached hydrogens (tertiary/aromatic N) is 3. The fourth-order valence-corrected chi connectivity index (χ4v) is 1.57. The molecular formula is C9H14N4O. The van der Waals surface area contributed by atoms with Crippen molar-refractivity contribution in [1.82, 2.24) is 15.2 Å². The Morgan fingerprint density at radius 2 is 2.21 bits per heavy atom. The Morgan fingerprint density at radius 3 is 2.93 bits per heavy atom. The van der Waals surface area contributed by atoms with Gasteiger partial charge in [0.05, 0.1) is 6.20 Å². The topological polar surface area (TPSA) is 59.9 Å². The number of rotatable bonds is 2. The van der Waals surface area contributed by atoms with Crippen LogP contribution in [0.25, 0.3) is 0 Å². The SMILES string of the molecule is CNc1cnnc(C2CCOCC2)n1. The van der Waals surface area contributed by atoms with Crippen molar-refractivity contribution < 1.29 is 4.74 Å². The first-order chi connectivity index (χ1) is 6.90. The molecule has 0 unspecified atom stereocenters. The number of hydrogen-bond donors (Lipinski definition) is 1. The fraction of sp³-hybridized carbons (Fsp3) is 0.667. The predicted molar refractivity (Wildman–Crippen MR) is 52.2 cm³/mol. The van der Waals surface area contributed by atoms with Crippen LogP contribution in [0.4, 0.5) is 5.82 Å². The van der Waals surface area contributed by atoms with Crippen molar-refractivity contribution in [3.05, 3.63) is 12.0 Å². The van der Waals surface area contributed by atoms with Gasteiger partial charge in [-0.25, -0.2) is 4.98 Å². The molecule has 1 fully saturated rings. The Labute approximate surface area is 82.9 Å². The van der Waals surface area contributed by atoms with Crippen LogP contribution in [0.5, 0.6) is 0 Å². The third-order valence-electron chi connectivity index (χ3n) is 2.42. The highest BCUT2D eigenvalue weighted by molar-refractivity contribution is 5.29. The van der Waals surface area contributed by atoms with Crippen LogP contribution in [0.2, 0.25) is 0 Å². The number of aromatic nitrogens is 3. The van der Waals surface area contributed by atoms with Crippen LogP contribution in [-0.2, 0) is 4.74 Å². The smallest absolute Gasteiger partial charge is 0.156 e. The minimum Gasteiger partial charge on any atom is -0.381 e. The number of nitrogens with one attached hydrogen (secondary N) is 1. The van der Waals surface area contributed by atoms with E-state index in [0.29, 0.717) is 5.92 Å². The molecule has 0 aromatic carbocycles. The predicted octanol–water partition coefficient (Wildman–Crippen LogP) is 0.807. The van der Waals surface area contributed by atoms with Gasteiger partial charge in [-0.05, 0) is 12.8 Å². The highest BCUT2D eigenvalue weighted by Gasteiger charge is 2.19. The molecule has 0 saturated carbocycles. The minimum absolute atomic E-state index is 0.407. The van der Waals surface area contributed by atoms with Crippen molar-refractivity contribution in [3.8, 4) is 0 Å². The molecule has 0 spiro atoms. The van der Waals surface area contributed by atoms with Crippen molar-refractivity contribution in [1.29, 1.82) is 0 Å². The van der Waals surface area contributed by atoms with E-state index in [2.05, 4.69) is 20.5 Å². The second-order valence-electron chi connectivity index (χ2n) is 3.34. The van der Waals surface area contributed by atoms with Crippen molar-refractivity contribution in [2.24, 2.45) is 0 Å². The molecule has 5 nitrogen and oxygen atoms in total. The van der Waals surface area contributed by atoms with E-state index in [1.54, 1.807) is 6.20 Å². The third-order valence-corrected chi connectivity index (χ3v) is 2.42. The summed E-state index contributed by atoms with van der Waals surface area (Å²) in [5.41, 5.74) is 0. The molecule has 1 saturated heterocycles. The summed E-state index contributed by atoms with van der Waals surface area (Å²) in [6, 6.07) is 0. The zero-order chi connectivity index (χ0) is 9.80. The van der Waals surface area contributed by atoms with Gasteiger partial charge in [-0.1, -0.05) is 0 Å². The Hall–Kier alpha value is -1.23. The van der Waals surface area contributed by atoms with Crippen LogP contribution in [0, 0.1) is 0 Å². The second-order valence-corrected chi connectivity index (χ2v) is 3.34. The molecule has 2 rings (SSSR count). The summed E-state index contributed by atoms with van der Waals surface area (Å²) in [6.07, 6.45) is 3.62. The number of ether oxygens (including phenoxy) is 1. The van der Waals surface area contributed by atoms with Crippen molar-refractivity contribution in [2.75, 3.05) is 25.6 Å². The highest BCUT2D eigenvalue weighted by Crippen LogP contribution is 2.23. The van der Waals surface area contributed by atoms with Gasteiger partial charge in [0.2, 0.25) is 0 Å². The maximum absolute atomic E-state index is 5.29. The van der Waals surface area contributed by atoms with Gasteiger partial charge in [0.25, 0.3) is 0 Å². The van der Waals surface area contributed by atoms with Gasteiger partial charge >= 0.3 is 0 Å². The molecule has 0 bridgehead atoms. The highest BCUT2D eigenvalue weighted by atomic mass is 16.5. The summed E-state index contributed by atoms with van der Waals surface area (Å²) in [4.78, 5) is 4.37. The number of anilines is 1. The maximum Gasteiger partial charge on any atom is 0.156 e. The molecule has 76 valence electrons. The zero-order valence-electron chi connectivity index (χ0n) is 8.23. The molecule has 0 amide bonds. The van der Waals surface area contributed by atoms with Crippen LogP contribution in [0.1, 0.15) is 24.6 Å². The molecule has 1 N–H and O–H groups in total. The van der Waals surface area contributed by atoms with Crippen LogP contribution >= 0.6 is 0 Å². The first-order valence-electron chi connectivity index (χ1n) is 4.85. The van der Waals surface area contributed by atoms with Crippen LogP contribution < -0.4 is 5.32 Å². The molecule has 0 atom stereocenters. The Balaban J connectivity index is 2.13. The van der Waals surface area contributed by atoms with E-state index in [9.17, 15) is 0 Å². The average molecular weight is 194 g/mol. The Morgan fingerprint density at radius 1 is 1.43 bits per heavy atom. The van der Waals surface area contributed by atoms with Crippen molar-refractivity contribution >= 4 is 5.82 Å². The molecule has 2 heterocycles. The van der Waals surface area contributed by atoms with E-state index in [1.165, 1.54) is 0 Å². The lowest BCUT2D eigenvalue weighted by Crippen LogP contribution is -2.17. The molecule has 0 aliphatic carbocycles. The fourth-order valence-electron chi connectivity index (χ4n) is 1.57. The van der Waals surface area contributed by atoms with E-state index < -0.39 is 0 Å². The third kappa shape index (κ3) is 1.98. The van der Waals surface area contributed by atoms with Gasteiger partial charge < -0.3 is 10.1 Å². The Bertz CT molecular complexity index is 299. The molecule has 14 heavy (non-hydrogen) atoms. The van der Waals surface area contributed by atoms with E-state index in [-0.39, 0.29) is 0 Å². The Kier molecular flexibility index (Phi) is 2.88. The van der Waals surface area contributed by atoms with Crippen LogP contribution in [0.15, 0.2) is 6.20 Å². The van der Waals surface area contributed by atoms with Gasteiger partial charge in [-0.15, -0.1) is 5.10 Å². The lowest BCUT2D eigenvalue weighted by Gasteiger charge is -2.20. The minimum atomic E-state index is 0.407. The lowest BCUT2D eigenvalue weighted by atomic mass is 10.00. The zero-order valence-corrected chi connectivity index (χ0v) is 8.23. The summed E-state index contributed by atoms with van der Waals surface area (Å²) >= 11 is 0.